The predicted octanol–water partition coefficient (Wildman–Crippen LogP) is 4.84. The second kappa shape index (κ2) is 9.03. The maximum Gasteiger partial charge on any atom is 0.210 e. The number of hydrogen-bond acceptors (Lipinski definition) is 6. The lowest BCUT2D eigenvalue weighted by atomic mass is 10.2. The second-order valence-electron chi connectivity index (χ2n) is 6.54. The van der Waals surface area contributed by atoms with Crippen LogP contribution >= 0.6 is 7.60 Å². The summed E-state index contributed by atoms with van der Waals surface area (Å²) in [6.45, 7) is 4.35. The van der Waals surface area contributed by atoms with Gasteiger partial charge in [-0.1, -0.05) is 35.9 Å². The van der Waals surface area contributed by atoms with Gasteiger partial charge in [0.2, 0.25) is 7.60 Å². The summed E-state index contributed by atoms with van der Waals surface area (Å²) in [5.41, 5.74) is 2.21. The Bertz CT molecular complexity index is 989. The van der Waals surface area contributed by atoms with Crippen LogP contribution in [0.1, 0.15) is 23.8 Å². The molecule has 0 spiro atoms. The third-order valence-corrected chi connectivity index (χ3v) is 5.75. The molecule has 3 aromatic rings. The van der Waals surface area contributed by atoms with Crippen molar-refractivity contribution in [2.24, 2.45) is 0 Å². The summed E-state index contributed by atoms with van der Waals surface area (Å²) in [5, 5.41) is 12.7. The summed E-state index contributed by atoms with van der Waals surface area (Å²) in [4.78, 5) is 13.1. The van der Waals surface area contributed by atoms with E-state index in [-0.39, 0.29) is 11.5 Å². The fourth-order valence-corrected chi connectivity index (χ4v) is 4.16. The minimum atomic E-state index is -4.49. The van der Waals surface area contributed by atoms with Crippen LogP contribution in [0, 0.1) is 6.92 Å². The van der Waals surface area contributed by atoms with E-state index in [9.17, 15) is 14.6 Å². The maximum atomic E-state index is 13.1. The smallest absolute Gasteiger partial charge is 0.210 e. The molecule has 0 aliphatic carbocycles. The third kappa shape index (κ3) is 5.53. The van der Waals surface area contributed by atoms with Crippen molar-refractivity contribution < 1.29 is 23.8 Å². The van der Waals surface area contributed by atoms with Crippen molar-refractivity contribution in [1.82, 2.24) is 0 Å². The molecule has 0 bridgehead atoms. The average molecular weight is 412 g/mol. The Hall–Kier alpha value is -2.95. The first-order chi connectivity index (χ1) is 13.9. The van der Waals surface area contributed by atoms with Crippen molar-refractivity contribution in [2.75, 3.05) is 11.9 Å². The summed E-state index contributed by atoms with van der Waals surface area (Å²) in [5.74, 6) is -0.514. The van der Waals surface area contributed by atoms with Crippen molar-refractivity contribution in [2.45, 2.75) is 19.6 Å². The Morgan fingerprint density at radius 3 is 2.34 bits per heavy atom. The molecular weight excluding hydrogens is 389 g/mol. The molecule has 3 aromatic carbocycles. The third-order valence-electron chi connectivity index (χ3n) is 4.23. The molecule has 2 atom stereocenters. The van der Waals surface area contributed by atoms with Crippen molar-refractivity contribution in [3.05, 3.63) is 83.9 Å². The zero-order valence-corrected chi connectivity index (χ0v) is 17.1. The molecule has 152 valence electrons. The molecular formula is C22H23NO5P-. The lowest BCUT2D eigenvalue weighted by Crippen LogP contribution is -2.21. The minimum Gasteiger partial charge on any atom is -0.767 e. The normalized spacial score (nSPS) is 13.9. The quantitative estimate of drug-likeness (QED) is 0.515. The topological polar surface area (TPSA) is 90.9 Å². The van der Waals surface area contributed by atoms with Gasteiger partial charge in [0.15, 0.2) is 0 Å². The fourth-order valence-electron chi connectivity index (χ4n) is 2.81. The van der Waals surface area contributed by atoms with Gasteiger partial charge in [0.25, 0.3) is 0 Å². The van der Waals surface area contributed by atoms with Gasteiger partial charge in [-0.3, -0.25) is 4.57 Å². The van der Waals surface area contributed by atoms with Gasteiger partial charge in [0.1, 0.15) is 23.0 Å². The highest BCUT2D eigenvalue weighted by molar-refractivity contribution is 7.52. The van der Waals surface area contributed by atoms with Crippen LogP contribution in [0.4, 0.5) is 5.69 Å². The molecule has 3 rings (SSSR count). The van der Waals surface area contributed by atoms with Crippen LogP contribution in [0.5, 0.6) is 17.2 Å². The molecule has 7 heteroatoms. The number of aromatic hydroxyl groups is 1. The number of rotatable bonds is 8. The van der Waals surface area contributed by atoms with Crippen molar-refractivity contribution in [3.8, 4) is 17.2 Å². The van der Waals surface area contributed by atoms with Gasteiger partial charge in [-0.25, -0.2) is 0 Å². The predicted molar refractivity (Wildman–Crippen MR) is 111 cm³/mol. The summed E-state index contributed by atoms with van der Waals surface area (Å²) in [6, 6.07) is 19.9. The summed E-state index contributed by atoms with van der Waals surface area (Å²) >= 11 is 0. The molecule has 0 radical (unpaired) electrons. The molecule has 1 unspecified atom stereocenters. The minimum absolute atomic E-state index is 0.0463. The lowest BCUT2D eigenvalue weighted by molar-refractivity contribution is -0.193. The van der Waals surface area contributed by atoms with E-state index in [1.165, 1.54) is 24.3 Å². The molecule has 0 amide bonds. The van der Waals surface area contributed by atoms with Crippen LogP contribution in [0.2, 0.25) is 0 Å². The largest absolute Gasteiger partial charge is 0.767 e. The summed E-state index contributed by atoms with van der Waals surface area (Å²) < 4.78 is 23.9. The first-order valence-corrected chi connectivity index (χ1v) is 10.8. The Labute approximate surface area is 170 Å². The number of nitrogens with one attached hydrogen (secondary N) is 1. The molecule has 0 saturated heterocycles. The fraction of sp³-hybridized carbons (Fsp3) is 0.182. The van der Waals surface area contributed by atoms with Crippen molar-refractivity contribution in [1.29, 1.82) is 0 Å². The first-order valence-electron chi connectivity index (χ1n) is 9.23. The second-order valence-corrected chi connectivity index (χ2v) is 8.32. The van der Waals surface area contributed by atoms with E-state index in [1.807, 2.05) is 38.1 Å². The van der Waals surface area contributed by atoms with E-state index < -0.39 is 13.4 Å². The van der Waals surface area contributed by atoms with Crippen LogP contribution in [-0.2, 0) is 4.57 Å². The standard InChI is InChI=1S/C22H24NO5P/c1-3-27-20-13-9-17(10-14-20)22(23-18-11-7-16(2)8-12-18)29(25,26)28-21-6-4-5-19(24)15-21/h4-15,22-24H,3H2,1-2H3,(H,25,26)/p-1/t22-/m0/s1. The van der Waals surface area contributed by atoms with E-state index in [1.54, 1.807) is 24.3 Å². The van der Waals surface area contributed by atoms with Crippen LogP contribution in [-0.4, -0.2) is 11.7 Å². The van der Waals surface area contributed by atoms with E-state index in [0.717, 1.165) is 5.56 Å². The number of anilines is 1. The van der Waals surface area contributed by atoms with E-state index in [0.29, 0.717) is 23.6 Å². The highest BCUT2D eigenvalue weighted by Crippen LogP contribution is 2.53. The van der Waals surface area contributed by atoms with Crippen molar-refractivity contribution in [3.63, 3.8) is 0 Å². The molecule has 0 heterocycles. The maximum absolute atomic E-state index is 13.1. The summed E-state index contributed by atoms with van der Waals surface area (Å²) in [7, 11) is -4.49. The van der Waals surface area contributed by atoms with E-state index in [2.05, 4.69) is 5.32 Å². The molecule has 0 fully saturated rings. The first kappa shape index (κ1) is 20.8. The highest BCUT2D eigenvalue weighted by atomic mass is 31.2. The van der Waals surface area contributed by atoms with Gasteiger partial charge < -0.3 is 24.6 Å². The molecule has 0 aliphatic rings. The Kier molecular flexibility index (Phi) is 6.47. The number of hydrogen-bond donors (Lipinski definition) is 2. The van der Waals surface area contributed by atoms with E-state index >= 15 is 0 Å². The zero-order chi connectivity index (χ0) is 20.9. The number of ether oxygens (including phenoxy) is 1. The number of phenols is 1. The molecule has 0 aliphatic heterocycles. The van der Waals surface area contributed by atoms with Crippen molar-refractivity contribution >= 4 is 13.3 Å². The molecule has 0 aromatic heterocycles. The van der Waals surface area contributed by atoms with Gasteiger partial charge in [0.05, 0.1) is 6.61 Å². The van der Waals surface area contributed by atoms with Crippen LogP contribution in [0.3, 0.4) is 0 Å². The highest BCUT2D eigenvalue weighted by Gasteiger charge is 2.27. The van der Waals surface area contributed by atoms with E-state index in [4.69, 9.17) is 9.26 Å². The van der Waals surface area contributed by atoms with Crippen LogP contribution in [0.25, 0.3) is 0 Å². The molecule has 0 saturated carbocycles. The Morgan fingerprint density at radius 2 is 1.72 bits per heavy atom. The van der Waals surface area contributed by atoms with Gasteiger partial charge in [-0.05, 0) is 55.8 Å². The SMILES string of the molecule is CCOc1ccc([C@@H](Nc2ccc(C)cc2)P(=O)([O-])Oc2cccc(O)c2)cc1. The van der Waals surface area contributed by atoms with Crippen LogP contribution < -0.4 is 19.5 Å². The Morgan fingerprint density at radius 1 is 1.03 bits per heavy atom. The number of aryl methyl sites for hydroxylation is 1. The zero-order valence-electron chi connectivity index (χ0n) is 16.2. The van der Waals surface area contributed by atoms with Gasteiger partial charge in [0, 0.05) is 11.8 Å². The van der Waals surface area contributed by atoms with Crippen LogP contribution in [0.15, 0.2) is 72.8 Å². The Balaban J connectivity index is 1.94. The number of phenolic OH excluding ortho intramolecular Hbond substituents is 1. The lowest BCUT2D eigenvalue weighted by Gasteiger charge is -2.33. The van der Waals surface area contributed by atoms with Gasteiger partial charge >= 0.3 is 0 Å². The summed E-state index contributed by atoms with van der Waals surface area (Å²) in [6.07, 6.45) is 0. The number of benzene rings is 3. The molecule has 2 N–H and O–H groups in total. The van der Waals surface area contributed by atoms with Gasteiger partial charge in [-0.2, -0.15) is 0 Å². The monoisotopic (exact) mass is 412 g/mol. The van der Waals surface area contributed by atoms with Gasteiger partial charge in [-0.15, -0.1) is 0 Å². The molecule has 29 heavy (non-hydrogen) atoms. The average Bonchev–Trinajstić information content (AvgIpc) is 2.68. The molecule has 6 nitrogen and oxygen atoms in total.